The average molecular weight is 494 g/mol. The van der Waals surface area contributed by atoms with Gasteiger partial charge in [0, 0.05) is 19.6 Å². The summed E-state index contributed by atoms with van der Waals surface area (Å²) in [4.78, 5) is 7.33. The van der Waals surface area contributed by atoms with Crippen molar-refractivity contribution in [2.24, 2.45) is 16.8 Å². The lowest BCUT2D eigenvalue weighted by Gasteiger charge is -2.37. The maximum atomic E-state index is 11.9. The van der Waals surface area contributed by atoms with Crippen LogP contribution in [0.5, 0.6) is 0 Å². The molecule has 26 heavy (non-hydrogen) atoms. The highest BCUT2D eigenvalue weighted by molar-refractivity contribution is 14.0. The number of hydrogen-bond acceptors (Lipinski definition) is 3. The third-order valence-electron chi connectivity index (χ3n) is 4.39. The topological polar surface area (TPSA) is 73.8 Å². The number of guanidine groups is 1. The van der Waals surface area contributed by atoms with E-state index in [1.807, 2.05) is 6.07 Å². The number of piperidine rings is 1. The zero-order valence-corrected chi connectivity index (χ0v) is 19.2. The molecular formula is C18H31IN4O2S. The number of benzene rings is 1. The van der Waals surface area contributed by atoms with Gasteiger partial charge < -0.3 is 10.2 Å². The molecule has 0 bridgehead atoms. The first-order valence-corrected chi connectivity index (χ1v) is 10.4. The Kier molecular flexibility index (Phi) is 9.32. The molecule has 2 atom stereocenters. The van der Waals surface area contributed by atoms with Crippen molar-refractivity contribution in [1.82, 2.24) is 14.9 Å². The van der Waals surface area contributed by atoms with Crippen molar-refractivity contribution in [3.8, 4) is 0 Å². The second-order valence-electron chi connectivity index (χ2n) is 6.88. The molecule has 8 heteroatoms. The molecule has 2 N–H and O–H groups in total. The molecule has 0 aliphatic carbocycles. The monoisotopic (exact) mass is 494 g/mol. The molecule has 148 valence electrons. The number of nitrogens with zero attached hydrogens (tertiary/aromatic N) is 2. The minimum Gasteiger partial charge on any atom is -0.357 e. The normalized spacial score (nSPS) is 21.2. The van der Waals surface area contributed by atoms with Gasteiger partial charge in [0.05, 0.1) is 11.4 Å². The van der Waals surface area contributed by atoms with Gasteiger partial charge in [0.25, 0.3) is 0 Å². The molecule has 0 radical (unpaired) electrons. The van der Waals surface area contributed by atoms with Gasteiger partial charge in [-0.25, -0.2) is 18.1 Å². The van der Waals surface area contributed by atoms with E-state index in [-0.39, 0.29) is 28.9 Å². The Balaban J connectivity index is 0.00000338. The highest BCUT2D eigenvalue weighted by Gasteiger charge is 2.24. The van der Waals surface area contributed by atoms with E-state index < -0.39 is 10.0 Å². The number of halogens is 1. The lowest BCUT2D eigenvalue weighted by molar-refractivity contribution is 0.208. The van der Waals surface area contributed by atoms with E-state index in [0.717, 1.165) is 31.2 Å². The average Bonchev–Trinajstić information content (AvgIpc) is 2.58. The van der Waals surface area contributed by atoms with E-state index >= 15 is 0 Å². The second-order valence-corrected chi connectivity index (χ2v) is 8.76. The smallest absolute Gasteiger partial charge is 0.240 e. The van der Waals surface area contributed by atoms with Gasteiger partial charge in [0.2, 0.25) is 10.0 Å². The Labute approximate surface area is 174 Å². The van der Waals surface area contributed by atoms with E-state index in [9.17, 15) is 8.42 Å². The Bertz CT molecular complexity index is 699. The molecule has 0 saturated carbocycles. The van der Waals surface area contributed by atoms with Gasteiger partial charge in [-0.1, -0.05) is 26.0 Å². The summed E-state index contributed by atoms with van der Waals surface area (Å²) >= 11 is 0. The van der Waals surface area contributed by atoms with Crippen LogP contribution in [0, 0.1) is 11.8 Å². The van der Waals surface area contributed by atoms with Crippen LogP contribution >= 0.6 is 24.0 Å². The predicted molar refractivity (Wildman–Crippen MR) is 117 cm³/mol. The highest BCUT2D eigenvalue weighted by Crippen LogP contribution is 2.21. The third-order valence-corrected chi connectivity index (χ3v) is 5.80. The molecule has 1 aliphatic rings. The van der Waals surface area contributed by atoms with Gasteiger partial charge in [0.15, 0.2) is 5.96 Å². The SMILES string of the molecule is CCNC(=NCc1cccc(S(=O)(=O)NC)c1)N1CC(C)CC(C)C1.I. The van der Waals surface area contributed by atoms with Crippen LogP contribution in [0.1, 0.15) is 32.8 Å². The fourth-order valence-corrected chi connectivity index (χ4v) is 4.16. The van der Waals surface area contributed by atoms with Gasteiger partial charge in [-0.2, -0.15) is 0 Å². The number of sulfonamides is 1. The summed E-state index contributed by atoms with van der Waals surface area (Å²) in [5.41, 5.74) is 0.879. The van der Waals surface area contributed by atoms with Gasteiger partial charge in [0.1, 0.15) is 0 Å². The molecule has 0 amide bonds. The molecule has 1 aromatic carbocycles. The minimum absolute atomic E-state index is 0. The summed E-state index contributed by atoms with van der Waals surface area (Å²) in [7, 11) is -2.01. The summed E-state index contributed by atoms with van der Waals surface area (Å²) in [5.74, 6) is 2.20. The fourth-order valence-electron chi connectivity index (χ4n) is 3.36. The van der Waals surface area contributed by atoms with Crippen molar-refractivity contribution in [2.45, 2.75) is 38.6 Å². The molecule has 0 aromatic heterocycles. The Morgan fingerprint density at radius 3 is 2.50 bits per heavy atom. The molecule has 1 heterocycles. The predicted octanol–water partition coefficient (Wildman–Crippen LogP) is 2.66. The first-order chi connectivity index (χ1) is 11.9. The van der Waals surface area contributed by atoms with Crippen LogP contribution in [-0.4, -0.2) is 46.0 Å². The van der Waals surface area contributed by atoms with Crippen molar-refractivity contribution >= 4 is 40.0 Å². The third kappa shape index (κ3) is 6.38. The first kappa shape index (κ1) is 23.2. The number of hydrogen-bond donors (Lipinski definition) is 2. The van der Waals surface area contributed by atoms with Crippen molar-refractivity contribution in [2.75, 3.05) is 26.7 Å². The van der Waals surface area contributed by atoms with Crippen LogP contribution in [0.2, 0.25) is 0 Å². The van der Waals surface area contributed by atoms with E-state index in [2.05, 4.69) is 35.7 Å². The molecule has 1 aliphatic heterocycles. The van der Waals surface area contributed by atoms with E-state index in [1.165, 1.54) is 13.5 Å². The van der Waals surface area contributed by atoms with Crippen LogP contribution in [0.3, 0.4) is 0 Å². The largest absolute Gasteiger partial charge is 0.357 e. The fraction of sp³-hybridized carbons (Fsp3) is 0.611. The summed E-state index contributed by atoms with van der Waals surface area (Å²) in [5, 5.41) is 3.37. The molecule has 1 saturated heterocycles. The minimum atomic E-state index is -3.43. The van der Waals surface area contributed by atoms with Gasteiger partial charge in [-0.05, 0) is 49.9 Å². The van der Waals surface area contributed by atoms with Crippen LogP contribution in [-0.2, 0) is 16.6 Å². The highest BCUT2D eigenvalue weighted by atomic mass is 127. The lowest BCUT2D eigenvalue weighted by Crippen LogP contribution is -2.48. The summed E-state index contributed by atoms with van der Waals surface area (Å²) in [6.07, 6.45) is 1.25. The van der Waals surface area contributed by atoms with Crippen LogP contribution in [0.4, 0.5) is 0 Å². The van der Waals surface area contributed by atoms with Gasteiger partial charge in [-0.3, -0.25) is 0 Å². The number of rotatable bonds is 5. The van der Waals surface area contributed by atoms with Crippen molar-refractivity contribution in [1.29, 1.82) is 0 Å². The lowest BCUT2D eigenvalue weighted by atomic mass is 9.92. The molecule has 2 unspecified atom stereocenters. The first-order valence-electron chi connectivity index (χ1n) is 8.91. The Morgan fingerprint density at radius 2 is 1.92 bits per heavy atom. The van der Waals surface area contributed by atoms with Crippen molar-refractivity contribution in [3.63, 3.8) is 0 Å². The van der Waals surface area contributed by atoms with E-state index in [1.54, 1.807) is 18.2 Å². The standard InChI is InChI=1S/C18H30N4O2S.HI/c1-5-20-18(22-12-14(2)9-15(3)13-22)21-11-16-7-6-8-17(10-16)25(23,24)19-4;/h6-8,10,14-15,19H,5,9,11-13H2,1-4H3,(H,20,21);1H. The number of likely N-dealkylation sites (tertiary alicyclic amines) is 1. The summed E-state index contributed by atoms with van der Waals surface area (Å²) in [6, 6.07) is 6.94. The maximum absolute atomic E-state index is 11.9. The maximum Gasteiger partial charge on any atom is 0.240 e. The zero-order chi connectivity index (χ0) is 18.4. The zero-order valence-electron chi connectivity index (χ0n) is 16.0. The number of aliphatic imine (C=N–C) groups is 1. The molecule has 6 nitrogen and oxygen atoms in total. The Morgan fingerprint density at radius 1 is 1.27 bits per heavy atom. The van der Waals surface area contributed by atoms with E-state index in [0.29, 0.717) is 18.4 Å². The van der Waals surface area contributed by atoms with Crippen molar-refractivity contribution in [3.05, 3.63) is 29.8 Å². The molecule has 0 spiro atoms. The number of nitrogens with one attached hydrogen (secondary N) is 2. The molecule has 2 rings (SSSR count). The second kappa shape index (κ2) is 10.5. The van der Waals surface area contributed by atoms with Crippen LogP contribution in [0.25, 0.3) is 0 Å². The molecular weight excluding hydrogens is 463 g/mol. The van der Waals surface area contributed by atoms with Gasteiger partial charge >= 0.3 is 0 Å². The van der Waals surface area contributed by atoms with E-state index in [4.69, 9.17) is 4.99 Å². The van der Waals surface area contributed by atoms with Crippen molar-refractivity contribution < 1.29 is 8.42 Å². The summed E-state index contributed by atoms with van der Waals surface area (Å²) < 4.78 is 26.2. The Hall–Kier alpha value is -0.870. The molecule has 1 fully saturated rings. The summed E-state index contributed by atoms with van der Waals surface area (Å²) in [6.45, 7) is 9.89. The van der Waals surface area contributed by atoms with Crippen LogP contribution < -0.4 is 10.0 Å². The van der Waals surface area contributed by atoms with Gasteiger partial charge in [-0.15, -0.1) is 24.0 Å². The molecule has 1 aromatic rings. The van der Waals surface area contributed by atoms with Crippen LogP contribution in [0.15, 0.2) is 34.2 Å². The quantitative estimate of drug-likeness (QED) is 0.375.